The Kier molecular flexibility index (Phi) is 4.48. The van der Waals surface area contributed by atoms with E-state index in [1.165, 1.54) is 24.7 Å². The number of nitrogens with zero attached hydrogens (tertiary/aromatic N) is 2. The van der Waals surface area contributed by atoms with Crippen LogP contribution in [0.3, 0.4) is 0 Å². The number of halogens is 2. The highest BCUT2D eigenvalue weighted by atomic mass is 19.3. The molecule has 0 unspecified atom stereocenters. The number of anilines is 1. The van der Waals surface area contributed by atoms with Gasteiger partial charge in [-0.3, -0.25) is 14.9 Å². The Labute approximate surface area is 157 Å². The van der Waals surface area contributed by atoms with E-state index in [0.29, 0.717) is 27.9 Å². The molecule has 3 aromatic heterocycles. The molecule has 4 aromatic rings. The van der Waals surface area contributed by atoms with Crippen LogP contribution in [0.25, 0.3) is 22.2 Å². The van der Waals surface area contributed by atoms with E-state index in [1.54, 1.807) is 24.4 Å². The first-order valence-electron chi connectivity index (χ1n) is 8.24. The Bertz CT molecular complexity index is 1150. The largest absolute Gasteiger partial charge is 0.463 e. The molecule has 3 heterocycles. The van der Waals surface area contributed by atoms with E-state index in [0.717, 1.165) is 5.56 Å². The van der Waals surface area contributed by atoms with Crippen LogP contribution >= 0.6 is 0 Å². The van der Waals surface area contributed by atoms with Crippen LogP contribution in [-0.2, 0) is 0 Å². The molecular formula is C19H14F2N4O3. The molecule has 0 fully saturated rings. The predicted molar refractivity (Wildman–Crippen MR) is 97.4 cm³/mol. The minimum absolute atomic E-state index is 0.0323. The number of nitrogens with one attached hydrogen (secondary N) is 2. The van der Waals surface area contributed by atoms with Gasteiger partial charge in [-0.25, -0.2) is 0 Å². The summed E-state index contributed by atoms with van der Waals surface area (Å²) < 4.78 is 35.5. The fourth-order valence-corrected chi connectivity index (χ4v) is 2.87. The van der Waals surface area contributed by atoms with Gasteiger partial charge in [-0.1, -0.05) is 11.6 Å². The number of pyridine rings is 1. The number of alkyl halides is 2. The normalized spacial score (nSPS) is 11.1. The van der Waals surface area contributed by atoms with E-state index in [9.17, 15) is 13.6 Å². The number of H-pyrrole nitrogens is 1. The second kappa shape index (κ2) is 7.10. The van der Waals surface area contributed by atoms with Crippen LogP contribution < -0.4 is 10.1 Å². The van der Waals surface area contributed by atoms with Crippen molar-refractivity contribution in [2.24, 2.45) is 0 Å². The number of ether oxygens (including phenoxy) is 1. The second-order valence-electron chi connectivity index (χ2n) is 6.02. The smallest absolute Gasteiger partial charge is 0.387 e. The molecule has 28 heavy (non-hydrogen) atoms. The zero-order valence-corrected chi connectivity index (χ0v) is 14.6. The third-order valence-electron chi connectivity index (χ3n) is 4.11. The van der Waals surface area contributed by atoms with Crippen LogP contribution in [0.15, 0.2) is 53.5 Å². The SMILES string of the molecule is Cc1ccc(OC(F)F)c(-c2[nH]ncc2NC(=O)c2cncc3ccoc23)c1. The Balaban J connectivity index is 1.70. The maximum absolute atomic E-state index is 12.8. The van der Waals surface area contributed by atoms with Crippen molar-refractivity contribution in [3.63, 3.8) is 0 Å². The van der Waals surface area contributed by atoms with Crippen LogP contribution in [-0.4, -0.2) is 27.7 Å². The van der Waals surface area contributed by atoms with Crippen LogP contribution in [0, 0.1) is 6.92 Å². The lowest BCUT2D eigenvalue weighted by atomic mass is 10.1. The second-order valence-corrected chi connectivity index (χ2v) is 6.02. The van der Waals surface area contributed by atoms with E-state index in [-0.39, 0.29) is 11.3 Å². The highest BCUT2D eigenvalue weighted by Crippen LogP contribution is 2.35. The molecule has 1 amide bonds. The Morgan fingerprint density at radius 2 is 2.11 bits per heavy atom. The number of benzene rings is 1. The van der Waals surface area contributed by atoms with Crippen molar-refractivity contribution in [3.05, 3.63) is 60.2 Å². The van der Waals surface area contributed by atoms with E-state index in [1.807, 2.05) is 6.92 Å². The summed E-state index contributed by atoms with van der Waals surface area (Å²) in [5.41, 5.74) is 2.46. The van der Waals surface area contributed by atoms with E-state index >= 15 is 0 Å². The maximum Gasteiger partial charge on any atom is 0.387 e. The van der Waals surface area contributed by atoms with Gasteiger partial charge in [0, 0.05) is 23.3 Å². The van der Waals surface area contributed by atoms with Gasteiger partial charge < -0.3 is 14.5 Å². The summed E-state index contributed by atoms with van der Waals surface area (Å²) in [5, 5.41) is 10.0. The molecule has 1 aromatic carbocycles. The molecule has 0 saturated carbocycles. The molecule has 0 saturated heterocycles. The number of furan rings is 1. The van der Waals surface area contributed by atoms with Crippen LogP contribution in [0.1, 0.15) is 15.9 Å². The average Bonchev–Trinajstić information content (AvgIpc) is 3.31. The molecule has 0 aliphatic rings. The number of rotatable bonds is 5. The standard InChI is InChI=1S/C19H14F2N4O3/c1-10-2-3-15(28-19(20)21)12(6-10)16-14(9-23-25-16)24-18(26)13-8-22-7-11-4-5-27-17(11)13/h2-9,19H,1H3,(H,23,25)(H,24,26). The first-order valence-corrected chi connectivity index (χ1v) is 8.24. The highest BCUT2D eigenvalue weighted by molar-refractivity contribution is 6.12. The summed E-state index contributed by atoms with van der Waals surface area (Å²) >= 11 is 0. The zero-order chi connectivity index (χ0) is 19.7. The summed E-state index contributed by atoms with van der Waals surface area (Å²) in [6.07, 6.45) is 5.82. The van der Waals surface area contributed by atoms with Gasteiger partial charge in [-0.05, 0) is 25.1 Å². The summed E-state index contributed by atoms with van der Waals surface area (Å²) in [7, 11) is 0. The number of aromatic nitrogens is 3. The van der Waals surface area contributed by atoms with E-state index in [2.05, 4.69) is 25.2 Å². The number of aryl methyl sites for hydroxylation is 1. The van der Waals surface area contributed by atoms with Crippen molar-refractivity contribution in [1.82, 2.24) is 15.2 Å². The molecule has 0 atom stereocenters. The lowest BCUT2D eigenvalue weighted by Gasteiger charge is -2.12. The van der Waals surface area contributed by atoms with Crippen molar-refractivity contribution in [1.29, 1.82) is 0 Å². The summed E-state index contributed by atoms with van der Waals surface area (Å²) in [5.74, 6) is -0.505. The maximum atomic E-state index is 12.8. The minimum Gasteiger partial charge on any atom is -0.463 e. The molecule has 2 N–H and O–H groups in total. The molecule has 0 bridgehead atoms. The van der Waals surface area contributed by atoms with Crippen molar-refractivity contribution in [2.45, 2.75) is 13.5 Å². The van der Waals surface area contributed by atoms with Crippen molar-refractivity contribution in [2.75, 3.05) is 5.32 Å². The van der Waals surface area contributed by atoms with Gasteiger partial charge in [-0.2, -0.15) is 13.9 Å². The van der Waals surface area contributed by atoms with Crippen LogP contribution in [0.2, 0.25) is 0 Å². The number of carbonyl (C=O) groups is 1. The lowest BCUT2D eigenvalue weighted by Crippen LogP contribution is -2.13. The number of amides is 1. The van der Waals surface area contributed by atoms with Gasteiger partial charge in [0.15, 0.2) is 0 Å². The monoisotopic (exact) mass is 384 g/mol. The predicted octanol–water partition coefficient (Wildman–Crippen LogP) is 4.38. The van der Waals surface area contributed by atoms with Gasteiger partial charge >= 0.3 is 6.61 Å². The number of hydrogen-bond acceptors (Lipinski definition) is 5. The molecule has 0 radical (unpaired) electrons. The van der Waals surface area contributed by atoms with Gasteiger partial charge in [0.25, 0.3) is 5.91 Å². The quantitative estimate of drug-likeness (QED) is 0.533. The Morgan fingerprint density at radius 3 is 2.93 bits per heavy atom. The van der Waals surface area contributed by atoms with Crippen molar-refractivity contribution < 1.29 is 22.7 Å². The molecule has 0 spiro atoms. The van der Waals surface area contributed by atoms with E-state index < -0.39 is 12.5 Å². The fraction of sp³-hybridized carbons (Fsp3) is 0.105. The number of fused-ring (bicyclic) bond motifs is 1. The van der Waals surface area contributed by atoms with Crippen molar-refractivity contribution in [3.8, 4) is 17.0 Å². The summed E-state index contributed by atoms with van der Waals surface area (Å²) in [4.78, 5) is 16.8. The topological polar surface area (TPSA) is 93.0 Å². The molecule has 4 rings (SSSR count). The molecule has 142 valence electrons. The Morgan fingerprint density at radius 1 is 1.25 bits per heavy atom. The first-order chi connectivity index (χ1) is 13.5. The number of hydrogen-bond donors (Lipinski definition) is 2. The van der Waals surface area contributed by atoms with E-state index in [4.69, 9.17) is 4.42 Å². The zero-order valence-electron chi connectivity index (χ0n) is 14.6. The van der Waals surface area contributed by atoms with Gasteiger partial charge in [0.05, 0.1) is 23.8 Å². The molecule has 7 nitrogen and oxygen atoms in total. The lowest BCUT2D eigenvalue weighted by molar-refractivity contribution is -0.0494. The van der Waals surface area contributed by atoms with Gasteiger partial charge in [-0.15, -0.1) is 0 Å². The van der Waals surface area contributed by atoms with Crippen LogP contribution in [0.4, 0.5) is 14.5 Å². The third-order valence-corrected chi connectivity index (χ3v) is 4.11. The molecule has 0 aliphatic carbocycles. The average molecular weight is 384 g/mol. The minimum atomic E-state index is -2.98. The molecular weight excluding hydrogens is 370 g/mol. The highest BCUT2D eigenvalue weighted by Gasteiger charge is 2.19. The fourth-order valence-electron chi connectivity index (χ4n) is 2.87. The molecule has 9 heteroatoms. The van der Waals surface area contributed by atoms with Gasteiger partial charge in [0.1, 0.15) is 16.9 Å². The van der Waals surface area contributed by atoms with Gasteiger partial charge in [0.2, 0.25) is 0 Å². The summed E-state index contributed by atoms with van der Waals surface area (Å²) in [6.45, 7) is -1.17. The number of aromatic amines is 1. The Hall–Kier alpha value is -3.75. The molecule has 0 aliphatic heterocycles. The van der Waals surface area contributed by atoms with Crippen LogP contribution in [0.5, 0.6) is 5.75 Å². The van der Waals surface area contributed by atoms with Crippen molar-refractivity contribution >= 4 is 22.6 Å². The third kappa shape index (κ3) is 3.29. The first kappa shape index (κ1) is 17.7. The summed E-state index contributed by atoms with van der Waals surface area (Å²) in [6, 6.07) is 6.45. The number of carbonyl (C=O) groups excluding carboxylic acids is 1.